The van der Waals surface area contributed by atoms with E-state index in [0.717, 1.165) is 57.8 Å². The van der Waals surface area contributed by atoms with E-state index >= 15 is 0 Å². The molecule has 0 aromatic carbocycles. The van der Waals surface area contributed by atoms with E-state index in [0.29, 0.717) is 19.4 Å². The van der Waals surface area contributed by atoms with Crippen LogP contribution in [-0.2, 0) is 14.3 Å². The highest BCUT2D eigenvalue weighted by Crippen LogP contribution is 2.18. The Kier molecular flexibility index (Phi) is 62.4. The van der Waals surface area contributed by atoms with Gasteiger partial charge in [0.05, 0.1) is 25.4 Å². The summed E-state index contributed by atoms with van der Waals surface area (Å²) in [5, 5.41) is 23.2. The molecular weight excluding hydrogens is 911 g/mol. The highest BCUT2D eigenvalue weighted by atomic mass is 16.5. The van der Waals surface area contributed by atoms with Crippen molar-refractivity contribution < 1.29 is 24.5 Å². The summed E-state index contributed by atoms with van der Waals surface area (Å²) in [5.41, 5.74) is 0. The third-order valence-corrected chi connectivity index (χ3v) is 15.7. The Hall–Kier alpha value is -1.66. The lowest BCUT2D eigenvalue weighted by atomic mass is 10.0. The largest absolute Gasteiger partial charge is 0.466 e. The molecule has 2 unspecified atom stereocenters. The van der Waals surface area contributed by atoms with Crippen molar-refractivity contribution in [2.75, 3.05) is 13.2 Å². The quantitative estimate of drug-likeness (QED) is 0.0320. The molecule has 1 amide bonds. The van der Waals surface area contributed by atoms with Crippen molar-refractivity contribution in [3.63, 3.8) is 0 Å². The Morgan fingerprint density at radius 3 is 0.959 bits per heavy atom. The van der Waals surface area contributed by atoms with Crippen LogP contribution in [0.1, 0.15) is 373 Å². The first kappa shape index (κ1) is 72.3. The van der Waals surface area contributed by atoms with E-state index in [9.17, 15) is 19.8 Å². The summed E-state index contributed by atoms with van der Waals surface area (Å²) < 4.78 is 5.48. The van der Waals surface area contributed by atoms with Crippen LogP contribution in [0.2, 0.25) is 0 Å². The fraction of sp³-hybridized carbons (Fsp3) is 0.912. The van der Waals surface area contributed by atoms with Gasteiger partial charge in [0.25, 0.3) is 0 Å². The lowest BCUT2D eigenvalue weighted by Gasteiger charge is -2.20. The van der Waals surface area contributed by atoms with Gasteiger partial charge < -0.3 is 20.3 Å². The molecule has 0 aromatic rings. The molecule has 3 N–H and O–H groups in total. The second-order valence-electron chi connectivity index (χ2n) is 23.2. The van der Waals surface area contributed by atoms with E-state index in [1.54, 1.807) is 6.08 Å². The van der Waals surface area contributed by atoms with E-state index in [2.05, 4.69) is 31.3 Å². The number of hydrogen-bond acceptors (Lipinski definition) is 5. The Morgan fingerprint density at radius 2 is 0.635 bits per heavy atom. The van der Waals surface area contributed by atoms with E-state index in [-0.39, 0.29) is 18.5 Å². The number of amides is 1. The number of nitrogens with one attached hydrogen (secondary N) is 1. The van der Waals surface area contributed by atoms with Gasteiger partial charge in [-0.25, -0.2) is 0 Å². The van der Waals surface area contributed by atoms with Crippen molar-refractivity contribution in [3.8, 4) is 0 Å². The number of carbonyl (C=O) groups excluding carboxylic acids is 2. The average Bonchev–Trinajstić information content (AvgIpc) is 3.40. The molecule has 0 saturated heterocycles. The fourth-order valence-electron chi connectivity index (χ4n) is 10.6. The number of rotatable bonds is 63. The van der Waals surface area contributed by atoms with E-state index in [4.69, 9.17) is 4.74 Å². The van der Waals surface area contributed by atoms with Gasteiger partial charge >= 0.3 is 5.97 Å². The van der Waals surface area contributed by atoms with Crippen molar-refractivity contribution in [2.45, 2.75) is 386 Å². The van der Waals surface area contributed by atoms with E-state index < -0.39 is 12.1 Å². The van der Waals surface area contributed by atoms with Crippen molar-refractivity contribution in [2.24, 2.45) is 0 Å². The predicted octanol–water partition coefficient (Wildman–Crippen LogP) is 21.4. The maximum absolute atomic E-state index is 12.5. The third-order valence-electron chi connectivity index (χ3n) is 15.7. The van der Waals surface area contributed by atoms with Crippen LogP contribution in [0.4, 0.5) is 0 Å². The lowest BCUT2D eigenvalue weighted by Crippen LogP contribution is -2.45. The fourth-order valence-corrected chi connectivity index (χ4v) is 10.6. The number of carbonyl (C=O) groups is 2. The Labute approximate surface area is 462 Å². The van der Waals surface area contributed by atoms with Crippen molar-refractivity contribution in [1.82, 2.24) is 5.32 Å². The summed E-state index contributed by atoms with van der Waals surface area (Å²) >= 11 is 0. The SMILES string of the molecule is CCCCCCCCCCCCCCCCCCCCCCCCC/C=C/C(O)C(CO)NC(=O)CCCCCCCCC/C=C\CCCCCCCCOC(=O)CCCCCCCCCCCCCCCCC. The Morgan fingerprint density at radius 1 is 0.365 bits per heavy atom. The molecule has 0 spiro atoms. The van der Waals surface area contributed by atoms with Crippen LogP contribution in [0.15, 0.2) is 24.3 Å². The normalized spacial score (nSPS) is 12.6. The van der Waals surface area contributed by atoms with Crippen LogP contribution < -0.4 is 5.32 Å². The smallest absolute Gasteiger partial charge is 0.305 e. The van der Waals surface area contributed by atoms with Gasteiger partial charge in [-0.2, -0.15) is 0 Å². The van der Waals surface area contributed by atoms with Gasteiger partial charge in [0.2, 0.25) is 5.91 Å². The van der Waals surface area contributed by atoms with Crippen LogP contribution in [-0.4, -0.2) is 47.4 Å². The average molecular weight is 1040 g/mol. The summed E-state index contributed by atoms with van der Waals surface area (Å²) in [7, 11) is 0. The maximum atomic E-state index is 12.5. The number of ether oxygens (including phenoxy) is 1. The lowest BCUT2D eigenvalue weighted by molar-refractivity contribution is -0.143. The molecule has 2 atom stereocenters. The van der Waals surface area contributed by atoms with Gasteiger partial charge in [0.15, 0.2) is 0 Å². The minimum Gasteiger partial charge on any atom is -0.466 e. The number of unbranched alkanes of at least 4 members (excludes halogenated alkanes) is 50. The maximum Gasteiger partial charge on any atom is 0.305 e. The molecule has 0 radical (unpaired) electrons. The summed E-state index contributed by atoms with van der Waals surface area (Å²) in [5.74, 6) is -0.0748. The number of hydrogen-bond donors (Lipinski definition) is 3. The first-order valence-corrected chi connectivity index (χ1v) is 33.6. The molecule has 74 heavy (non-hydrogen) atoms. The zero-order valence-electron chi connectivity index (χ0n) is 50.1. The summed E-state index contributed by atoms with van der Waals surface area (Å²) in [6.07, 6.45) is 79.5. The van der Waals surface area contributed by atoms with Gasteiger partial charge in [-0.15, -0.1) is 0 Å². The highest BCUT2D eigenvalue weighted by Gasteiger charge is 2.18. The van der Waals surface area contributed by atoms with Gasteiger partial charge in [-0.3, -0.25) is 9.59 Å². The van der Waals surface area contributed by atoms with Crippen LogP contribution in [0, 0.1) is 0 Å². The molecule has 438 valence electrons. The summed E-state index contributed by atoms with van der Waals surface area (Å²) in [6.45, 7) is 4.92. The molecule has 0 saturated carbocycles. The molecule has 0 aliphatic heterocycles. The second-order valence-corrected chi connectivity index (χ2v) is 23.2. The molecule has 6 nitrogen and oxygen atoms in total. The minimum absolute atomic E-state index is 0.00106. The van der Waals surface area contributed by atoms with Crippen LogP contribution in [0.25, 0.3) is 0 Å². The van der Waals surface area contributed by atoms with Crippen LogP contribution >= 0.6 is 0 Å². The topological polar surface area (TPSA) is 95.9 Å². The molecule has 0 rings (SSSR count). The molecular formula is C68H131NO5. The van der Waals surface area contributed by atoms with Crippen molar-refractivity contribution in [1.29, 1.82) is 0 Å². The minimum atomic E-state index is -0.854. The molecule has 0 bridgehead atoms. The predicted molar refractivity (Wildman–Crippen MR) is 324 cm³/mol. The number of esters is 1. The van der Waals surface area contributed by atoms with Crippen LogP contribution in [0.3, 0.4) is 0 Å². The number of aliphatic hydroxyl groups is 2. The highest BCUT2D eigenvalue weighted by molar-refractivity contribution is 5.76. The van der Waals surface area contributed by atoms with Gasteiger partial charge in [0, 0.05) is 12.8 Å². The molecule has 0 heterocycles. The first-order valence-electron chi connectivity index (χ1n) is 33.6. The zero-order chi connectivity index (χ0) is 53.6. The van der Waals surface area contributed by atoms with Crippen molar-refractivity contribution >= 4 is 11.9 Å². The standard InChI is InChI=1S/C68H131NO5/c1-3-5-7-9-11-13-15-17-19-20-21-22-23-24-25-26-27-29-33-36-40-44-48-52-56-60-66(71)65(64-70)69-67(72)61-57-53-49-45-41-37-34-30-28-31-35-39-43-47-51-55-59-63-74-68(73)62-58-54-50-46-42-38-32-18-16-14-12-10-8-6-4-2/h28,31,56,60,65-66,70-71H,3-27,29-30,32-55,57-59,61-64H2,1-2H3,(H,69,72)/b31-28-,60-56+. The first-order chi connectivity index (χ1) is 36.5. The van der Waals surface area contributed by atoms with Crippen molar-refractivity contribution in [3.05, 3.63) is 24.3 Å². The van der Waals surface area contributed by atoms with Crippen LogP contribution in [0.5, 0.6) is 0 Å². The number of allylic oxidation sites excluding steroid dienone is 3. The second kappa shape index (κ2) is 63.9. The van der Waals surface area contributed by atoms with E-state index in [1.165, 1.54) is 289 Å². The van der Waals surface area contributed by atoms with Gasteiger partial charge in [-0.1, -0.05) is 327 Å². The molecule has 0 aliphatic carbocycles. The Balaban J connectivity index is 3.47. The number of aliphatic hydroxyl groups excluding tert-OH is 2. The molecule has 0 aliphatic rings. The van der Waals surface area contributed by atoms with E-state index in [1.807, 2.05) is 6.08 Å². The zero-order valence-corrected chi connectivity index (χ0v) is 50.1. The summed E-state index contributed by atoms with van der Waals surface area (Å²) in [4.78, 5) is 24.6. The summed E-state index contributed by atoms with van der Waals surface area (Å²) in [6, 6.07) is -0.638. The molecule has 0 aromatic heterocycles. The molecule has 0 fully saturated rings. The van der Waals surface area contributed by atoms with Gasteiger partial charge in [0.1, 0.15) is 0 Å². The Bertz CT molecular complexity index is 1150. The third kappa shape index (κ3) is 59.6. The molecule has 6 heteroatoms. The monoisotopic (exact) mass is 1040 g/mol. The van der Waals surface area contributed by atoms with Gasteiger partial charge in [-0.05, 0) is 57.8 Å².